The van der Waals surface area contributed by atoms with E-state index in [0.717, 1.165) is 29.6 Å². The first-order valence-corrected chi connectivity index (χ1v) is 10.4. The molecule has 3 aromatic heterocycles. The molecule has 4 heterocycles. The molecular weight excluding hydrogens is 404 g/mol. The van der Waals surface area contributed by atoms with Gasteiger partial charge in [-0.05, 0) is 45.7 Å². The number of amides is 1. The van der Waals surface area contributed by atoms with Crippen LogP contribution in [0.2, 0.25) is 5.02 Å². The molecule has 1 saturated heterocycles. The van der Waals surface area contributed by atoms with Crippen LogP contribution in [-0.4, -0.2) is 55.3 Å². The highest BCUT2D eigenvalue weighted by Gasteiger charge is 2.27. The molecule has 1 aliphatic rings. The first-order valence-electron chi connectivity index (χ1n) is 9.98. The number of likely N-dealkylation sites (tertiary alicyclic amines) is 1. The second-order valence-corrected chi connectivity index (χ2v) is 8.87. The SMILES string of the molecule is CC(C)(C)OC(=O)N1CCC[C@@H](Nc2cncc(-c3cnn4cc(Cl)ccc34)n2)C1. The normalized spacial score (nSPS) is 17.2. The summed E-state index contributed by atoms with van der Waals surface area (Å²) < 4.78 is 7.23. The number of pyridine rings is 1. The van der Waals surface area contributed by atoms with Crippen molar-refractivity contribution in [2.75, 3.05) is 18.4 Å². The predicted molar refractivity (Wildman–Crippen MR) is 116 cm³/mol. The zero-order valence-corrected chi connectivity index (χ0v) is 18.1. The smallest absolute Gasteiger partial charge is 0.410 e. The molecule has 0 radical (unpaired) electrons. The van der Waals surface area contributed by atoms with Crippen LogP contribution in [0.1, 0.15) is 33.6 Å². The van der Waals surface area contributed by atoms with Gasteiger partial charge >= 0.3 is 6.09 Å². The number of rotatable bonds is 3. The molecular formula is C21H25ClN6O2. The van der Waals surface area contributed by atoms with Crippen molar-refractivity contribution in [3.63, 3.8) is 0 Å². The van der Waals surface area contributed by atoms with Crippen LogP contribution < -0.4 is 5.32 Å². The van der Waals surface area contributed by atoms with E-state index in [9.17, 15) is 4.79 Å². The number of hydrogen-bond donors (Lipinski definition) is 1. The molecule has 1 atom stereocenters. The Morgan fingerprint density at radius 3 is 2.90 bits per heavy atom. The molecule has 9 heteroatoms. The van der Waals surface area contributed by atoms with Crippen LogP contribution in [0.15, 0.2) is 36.9 Å². The van der Waals surface area contributed by atoms with E-state index >= 15 is 0 Å². The first-order chi connectivity index (χ1) is 14.3. The average molecular weight is 429 g/mol. The number of aromatic nitrogens is 4. The maximum Gasteiger partial charge on any atom is 0.410 e. The molecule has 1 aliphatic heterocycles. The van der Waals surface area contributed by atoms with Crippen molar-refractivity contribution in [3.05, 3.63) is 41.9 Å². The van der Waals surface area contributed by atoms with Crippen LogP contribution in [0, 0.1) is 0 Å². The van der Waals surface area contributed by atoms with E-state index in [1.54, 1.807) is 34.2 Å². The van der Waals surface area contributed by atoms with Gasteiger partial charge in [0.15, 0.2) is 0 Å². The third-order valence-electron chi connectivity index (χ3n) is 4.82. The van der Waals surface area contributed by atoms with Gasteiger partial charge in [-0.2, -0.15) is 5.10 Å². The molecule has 3 aromatic rings. The molecule has 8 nitrogen and oxygen atoms in total. The summed E-state index contributed by atoms with van der Waals surface area (Å²) in [5.74, 6) is 0.664. The van der Waals surface area contributed by atoms with Gasteiger partial charge in [-0.3, -0.25) is 4.98 Å². The Morgan fingerprint density at radius 2 is 2.10 bits per heavy atom. The van der Waals surface area contributed by atoms with Gasteiger partial charge in [0.05, 0.1) is 34.8 Å². The third kappa shape index (κ3) is 4.64. The number of carbonyl (C=O) groups is 1. The summed E-state index contributed by atoms with van der Waals surface area (Å²) in [6.07, 6.45) is 8.48. The Bertz CT molecular complexity index is 1060. The molecule has 1 amide bonds. The van der Waals surface area contributed by atoms with E-state index in [4.69, 9.17) is 21.3 Å². The summed E-state index contributed by atoms with van der Waals surface area (Å²) in [6.45, 7) is 6.89. The van der Waals surface area contributed by atoms with E-state index in [1.807, 2.05) is 32.9 Å². The molecule has 0 saturated carbocycles. The van der Waals surface area contributed by atoms with Gasteiger partial charge in [0.25, 0.3) is 0 Å². The topological polar surface area (TPSA) is 84.6 Å². The molecule has 1 fully saturated rings. The fourth-order valence-corrected chi connectivity index (χ4v) is 3.67. The molecule has 30 heavy (non-hydrogen) atoms. The number of anilines is 1. The Morgan fingerprint density at radius 1 is 1.27 bits per heavy atom. The van der Waals surface area contributed by atoms with Crippen LogP contribution >= 0.6 is 11.6 Å². The second-order valence-electron chi connectivity index (χ2n) is 8.43. The average Bonchev–Trinajstić information content (AvgIpc) is 3.10. The number of carbonyl (C=O) groups excluding carboxylic acids is 1. The van der Waals surface area contributed by atoms with Crippen molar-refractivity contribution in [1.29, 1.82) is 0 Å². The molecule has 158 valence electrons. The highest BCUT2D eigenvalue weighted by molar-refractivity contribution is 6.30. The van der Waals surface area contributed by atoms with E-state index in [2.05, 4.69) is 15.4 Å². The van der Waals surface area contributed by atoms with Gasteiger partial charge in [-0.15, -0.1) is 0 Å². The molecule has 0 spiro atoms. The summed E-state index contributed by atoms with van der Waals surface area (Å²) in [4.78, 5) is 23.2. The van der Waals surface area contributed by atoms with Crippen LogP contribution in [0.25, 0.3) is 16.8 Å². The maximum atomic E-state index is 12.4. The van der Waals surface area contributed by atoms with Crippen molar-refractivity contribution in [2.45, 2.75) is 45.3 Å². The zero-order chi connectivity index (χ0) is 21.3. The lowest BCUT2D eigenvalue weighted by Crippen LogP contribution is -2.47. The van der Waals surface area contributed by atoms with Crippen LogP contribution in [0.3, 0.4) is 0 Å². The fourth-order valence-electron chi connectivity index (χ4n) is 3.52. The van der Waals surface area contributed by atoms with Gasteiger partial charge in [0.2, 0.25) is 0 Å². The van der Waals surface area contributed by atoms with Crippen molar-refractivity contribution in [1.82, 2.24) is 24.5 Å². The van der Waals surface area contributed by atoms with Gasteiger partial charge in [-0.25, -0.2) is 14.3 Å². The van der Waals surface area contributed by atoms with Crippen molar-refractivity contribution < 1.29 is 9.53 Å². The van der Waals surface area contributed by atoms with Gasteiger partial charge in [0.1, 0.15) is 11.4 Å². The Kier molecular flexibility index (Phi) is 5.51. The minimum absolute atomic E-state index is 0.0820. The molecule has 0 bridgehead atoms. The maximum absolute atomic E-state index is 12.4. The monoisotopic (exact) mass is 428 g/mol. The Labute approximate surface area is 180 Å². The third-order valence-corrected chi connectivity index (χ3v) is 5.04. The standard InChI is InChI=1S/C21H25ClN6O2/c1-21(2,3)30-20(29)27-8-4-5-15(13-27)25-19-11-23-10-17(26-19)16-9-24-28-12-14(22)6-7-18(16)28/h6-7,9-12,15H,4-5,8,13H2,1-3H3,(H,25,26)/t15-/m1/s1. The summed E-state index contributed by atoms with van der Waals surface area (Å²) in [6, 6.07) is 3.82. The van der Waals surface area contributed by atoms with Crippen molar-refractivity contribution in [2.24, 2.45) is 0 Å². The van der Waals surface area contributed by atoms with E-state index in [1.165, 1.54) is 0 Å². The molecule has 0 aromatic carbocycles. The van der Waals surface area contributed by atoms with Crippen LogP contribution in [-0.2, 0) is 4.74 Å². The number of nitrogens with one attached hydrogen (secondary N) is 1. The minimum atomic E-state index is -0.504. The fraction of sp³-hybridized carbons (Fsp3) is 0.429. The lowest BCUT2D eigenvalue weighted by atomic mass is 10.1. The zero-order valence-electron chi connectivity index (χ0n) is 17.3. The van der Waals surface area contributed by atoms with E-state index in [-0.39, 0.29) is 12.1 Å². The number of piperidine rings is 1. The van der Waals surface area contributed by atoms with Gasteiger partial charge in [0, 0.05) is 30.9 Å². The lowest BCUT2D eigenvalue weighted by molar-refractivity contribution is 0.0206. The first kappa shape index (κ1) is 20.4. The Balaban J connectivity index is 1.48. The van der Waals surface area contributed by atoms with E-state index < -0.39 is 5.60 Å². The number of halogens is 1. The van der Waals surface area contributed by atoms with Crippen LogP contribution in [0.5, 0.6) is 0 Å². The number of nitrogens with zero attached hydrogens (tertiary/aromatic N) is 5. The molecule has 0 aliphatic carbocycles. The van der Waals surface area contributed by atoms with Crippen LogP contribution in [0.4, 0.5) is 10.6 Å². The summed E-state index contributed by atoms with van der Waals surface area (Å²) in [7, 11) is 0. The number of hydrogen-bond acceptors (Lipinski definition) is 6. The molecule has 4 rings (SSSR count). The van der Waals surface area contributed by atoms with Gasteiger partial charge < -0.3 is 15.0 Å². The molecule has 1 N–H and O–H groups in total. The highest BCUT2D eigenvalue weighted by atomic mass is 35.5. The lowest BCUT2D eigenvalue weighted by Gasteiger charge is -2.34. The van der Waals surface area contributed by atoms with Gasteiger partial charge in [-0.1, -0.05) is 11.6 Å². The molecule has 0 unspecified atom stereocenters. The largest absolute Gasteiger partial charge is 0.444 e. The van der Waals surface area contributed by atoms with Crippen molar-refractivity contribution in [3.8, 4) is 11.3 Å². The highest BCUT2D eigenvalue weighted by Crippen LogP contribution is 2.25. The minimum Gasteiger partial charge on any atom is -0.444 e. The predicted octanol–water partition coefficient (Wildman–Crippen LogP) is 4.26. The second kappa shape index (κ2) is 8.10. The quantitative estimate of drug-likeness (QED) is 0.671. The summed E-state index contributed by atoms with van der Waals surface area (Å²) in [5, 5.41) is 8.38. The number of ether oxygens (including phenoxy) is 1. The van der Waals surface area contributed by atoms with E-state index in [0.29, 0.717) is 23.9 Å². The summed E-state index contributed by atoms with van der Waals surface area (Å²) in [5.41, 5.74) is 1.99. The summed E-state index contributed by atoms with van der Waals surface area (Å²) >= 11 is 6.04. The Hall–Kier alpha value is -2.87. The van der Waals surface area contributed by atoms with Crippen molar-refractivity contribution >= 4 is 29.0 Å². The number of fused-ring (bicyclic) bond motifs is 1.